The number of nitrogens with zero attached hydrogens (tertiary/aromatic N) is 2. The van der Waals surface area contributed by atoms with Crippen LogP contribution in [0.25, 0.3) is 23.2 Å². The van der Waals surface area contributed by atoms with E-state index in [1.165, 1.54) is 65.3 Å². The Balaban J connectivity index is 1.73. The van der Waals surface area contributed by atoms with Gasteiger partial charge in [-0.1, -0.05) is 79.6 Å². The molecule has 3 aromatic carbocycles. The topological polar surface area (TPSA) is 8.81 Å². The fourth-order valence-electron chi connectivity index (χ4n) is 6.30. The molecule has 1 aromatic heterocycles. The molecule has 6 rings (SSSR count). The number of allylic oxidation sites excluding steroid dienone is 1. The number of para-hydroxylation sites is 1. The fraction of sp³-hybridized carbons (Fsp3) is 0.258. The first kappa shape index (κ1) is 20.2. The Morgan fingerprint density at radius 3 is 2.12 bits per heavy atom. The summed E-state index contributed by atoms with van der Waals surface area (Å²) in [6.07, 6.45) is 10.1. The summed E-state index contributed by atoms with van der Waals surface area (Å²) in [7, 11) is 0. The fourth-order valence-corrected chi connectivity index (χ4v) is 6.30. The monoisotopic (exact) mass is 431 g/mol. The molecule has 164 valence electrons. The van der Waals surface area contributed by atoms with Crippen molar-refractivity contribution in [1.82, 2.24) is 4.57 Å². The summed E-state index contributed by atoms with van der Waals surface area (Å²) in [6, 6.07) is 30.9. The van der Waals surface area contributed by atoms with Crippen LogP contribution in [0.5, 0.6) is 0 Å². The van der Waals surface area contributed by atoms with Crippen LogP contribution in [0.2, 0.25) is 0 Å². The molecule has 0 saturated heterocycles. The second kappa shape index (κ2) is 7.88. The van der Waals surface area contributed by atoms with Gasteiger partial charge in [0.2, 0.25) is 0 Å². The number of hydrogen-bond donors (Lipinski definition) is 0. The Kier molecular flexibility index (Phi) is 4.83. The molecule has 2 heteroatoms. The SMILES string of the molecule is Cc1ccccc1-n1c(C)c2[n+](c1-c1ccccc1)C(c1ccccc1)(C1CCCC1)C=C2. The van der Waals surface area contributed by atoms with E-state index in [0.29, 0.717) is 5.92 Å². The highest BCUT2D eigenvalue weighted by Crippen LogP contribution is 2.46. The van der Waals surface area contributed by atoms with Gasteiger partial charge in [0.1, 0.15) is 5.69 Å². The highest BCUT2D eigenvalue weighted by atomic mass is 15.2. The molecule has 1 saturated carbocycles. The minimum absolute atomic E-state index is 0.156. The summed E-state index contributed by atoms with van der Waals surface area (Å²) >= 11 is 0. The largest absolute Gasteiger partial charge is 0.295 e. The van der Waals surface area contributed by atoms with E-state index in [1.54, 1.807) is 0 Å². The number of imidazole rings is 1. The maximum Gasteiger partial charge on any atom is 0.295 e. The van der Waals surface area contributed by atoms with Crippen molar-refractivity contribution in [1.29, 1.82) is 0 Å². The Morgan fingerprint density at radius 2 is 1.42 bits per heavy atom. The van der Waals surface area contributed by atoms with Crippen LogP contribution >= 0.6 is 0 Å². The van der Waals surface area contributed by atoms with Gasteiger partial charge in [-0.15, -0.1) is 0 Å². The van der Waals surface area contributed by atoms with Crippen molar-refractivity contribution in [2.45, 2.75) is 45.1 Å². The minimum Gasteiger partial charge on any atom is -0.209 e. The first-order valence-electron chi connectivity index (χ1n) is 12.3. The van der Waals surface area contributed by atoms with Gasteiger partial charge in [0.05, 0.1) is 5.56 Å². The average Bonchev–Trinajstić information content (AvgIpc) is 3.58. The number of rotatable bonds is 4. The number of fused-ring (bicyclic) bond motifs is 1. The van der Waals surface area contributed by atoms with Crippen molar-refractivity contribution >= 4 is 6.08 Å². The van der Waals surface area contributed by atoms with Crippen molar-refractivity contribution in [3.8, 4) is 17.1 Å². The Bertz CT molecular complexity index is 1320. The molecule has 0 radical (unpaired) electrons. The smallest absolute Gasteiger partial charge is 0.209 e. The number of hydrogen-bond acceptors (Lipinski definition) is 0. The quantitative estimate of drug-likeness (QED) is 0.307. The molecule has 0 spiro atoms. The van der Waals surface area contributed by atoms with Crippen molar-refractivity contribution < 1.29 is 4.57 Å². The minimum atomic E-state index is -0.156. The lowest BCUT2D eigenvalue weighted by Gasteiger charge is -2.33. The molecular weight excluding hydrogens is 400 g/mol. The first-order valence-corrected chi connectivity index (χ1v) is 12.3. The van der Waals surface area contributed by atoms with Crippen LogP contribution in [0.4, 0.5) is 0 Å². The van der Waals surface area contributed by atoms with Crippen molar-refractivity contribution in [2.75, 3.05) is 0 Å². The van der Waals surface area contributed by atoms with Crippen LogP contribution in [0.3, 0.4) is 0 Å². The van der Waals surface area contributed by atoms with Gasteiger partial charge >= 0.3 is 0 Å². The van der Waals surface area contributed by atoms with Crippen LogP contribution in [0, 0.1) is 19.8 Å². The standard InChI is InChI=1S/C31H31N2/c1-23-13-9-12-20-28(23)32-24(2)29-21-22-31(27-18-10-11-19-27,26-16-7-4-8-17-26)33(29)30(32)25-14-5-3-6-15-25/h3-9,12-17,20-22,27H,10-11,18-19H2,1-2H3/q+1. The lowest BCUT2D eigenvalue weighted by Crippen LogP contribution is -2.59. The van der Waals surface area contributed by atoms with Gasteiger partial charge in [-0.25, -0.2) is 4.57 Å². The van der Waals surface area contributed by atoms with E-state index in [-0.39, 0.29) is 5.54 Å². The van der Waals surface area contributed by atoms with Crippen LogP contribution in [0.15, 0.2) is 91.0 Å². The normalized spacial score (nSPS) is 19.8. The maximum absolute atomic E-state index is 2.68. The Hall–Kier alpha value is -3.39. The highest BCUT2D eigenvalue weighted by molar-refractivity contribution is 5.64. The van der Waals surface area contributed by atoms with E-state index in [1.807, 2.05) is 0 Å². The lowest BCUT2D eigenvalue weighted by atomic mass is 9.77. The molecule has 0 bridgehead atoms. The van der Waals surface area contributed by atoms with E-state index in [0.717, 1.165) is 0 Å². The van der Waals surface area contributed by atoms with E-state index in [4.69, 9.17) is 0 Å². The molecule has 2 aliphatic rings. The molecule has 1 fully saturated rings. The zero-order valence-corrected chi connectivity index (χ0v) is 19.5. The van der Waals surface area contributed by atoms with Crippen molar-refractivity contribution in [2.24, 2.45) is 5.92 Å². The summed E-state index contributed by atoms with van der Waals surface area (Å²) in [5.41, 5.74) is 7.69. The van der Waals surface area contributed by atoms with Crippen molar-refractivity contribution in [3.05, 3.63) is 114 Å². The second-order valence-corrected chi connectivity index (χ2v) is 9.62. The Labute approximate surface area is 196 Å². The van der Waals surface area contributed by atoms with Gasteiger partial charge in [0, 0.05) is 18.4 Å². The van der Waals surface area contributed by atoms with E-state index in [2.05, 4.69) is 120 Å². The first-order chi connectivity index (χ1) is 16.2. The molecule has 1 unspecified atom stereocenters. The summed E-state index contributed by atoms with van der Waals surface area (Å²) in [5.74, 6) is 1.87. The van der Waals surface area contributed by atoms with E-state index >= 15 is 0 Å². The lowest BCUT2D eigenvalue weighted by molar-refractivity contribution is -0.736. The average molecular weight is 432 g/mol. The number of aromatic nitrogens is 2. The van der Waals surface area contributed by atoms with Gasteiger partial charge in [-0.3, -0.25) is 0 Å². The molecule has 1 atom stereocenters. The van der Waals surface area contributed by atoms with E-state index < -0.39 is 0 Å². The molecule has 2 heterocycles. The predicted molar refractivity (Wildman–Crippen MR) is 135 cm³/mol. The third kappa shape index (κ3) is 2.97. The third-order valence-corrected chi connectivity index (χ3v) is 7.84. The van der Waals surface area contributed by atoms with Gasteiger partial charge in [0.25, 0.3) is 5.82 Å². The third-order valence-electron chi connectivity index (χ3n) is 7.84. The van der Waals surface area contributed by atoms with Crippen LogP contribution in [-0.4, -0.2) is 4.57 Å². The molecule has 4 aromatic rings. The van der Waals surface area contributed by atoms with Gasteiger partial charge in [0.15, 0.2) is 16.9 Å². The number of aryl methyl sites for hydroxylation is 1. The summed E-state index contributed by atoms with van der Waals surface area (Å²) in [4.78, 5) is 0. The van der Waals surface area contributed by atoms with Crippen LogP contribution < -0.4 is 4.57 Å². The van der Waals surface area contributed by atoms with Crippen LogP contribution in [0.1, 0.15) is 48.2 Å². The molecule has 1 aliphatic heterocycles. The Morgan fingerprint density at radius 1 is 0.788 bits per heavy atom. The molecule has 2 nitrogen and oxygen atoms in total. The zero-order valence-electron chi connectivity index (χ0n) is 19.5. The summed E-state index contributed by atoms with van der Waals surface area (Å²) in [5, 5.41) is 0. The van der Waals surface area contributed by atoms with Crippen LogP contribution in [-0.2, 0) is 5.54 Å². The summed E-state index contributed by atoms with van der Waals surface area (Å²) in [6.45, 7) is 4.50. The number of benzene rings is 3. The molecule has 1 aliphatic carbocycles. The molecular formula is C31H31N2+. The van der Waals surface area contributed by atoms with Gasteiger partial charge in [-0.2, -0.15) is 4.57 Å². The molecule has 0 amide bonds. The predicted octanol–water partition coefficient (Wildman–Crippen LogP) is 7.01. The van der Waals surface area contributed by atoms with Gasteiger partial charge < -0.3 is 0 Å². The summed E-state index contributed by atoms with van der Waals surface area (Å²) < 4.78 is 5.17. The maximum atomic E-state index is 2.68. The highest BCUT2D eigenvalue weighted by Gasteiger charge is 2.52. The van der Waals surface area contributed by atoms with Gasteiger partial charge in [-0.05, 0) is 55.7 Å². The van der Waals surface area contributed by atoms with E-state index in [9.17, 15) is 0 Å². The molecule has 33 heavy (non-hydrogen) atoms. The zero-order chi connectivity index (χ0) is 22.4. The second-order valence-electron chi connectivity index (χ2n) is 9.62. The van der Waals surface area contributed by atoms with Crippen molar-refractivity contribution in [3.63, 3.8) is 0 Å². The molecule has 0 N–H and O–H groups in total.